The van der Waals surface area contributed by atoms with E-state index in [0.717, 1.165) is 18.7 Å². The first-order valence-corrected chi connectivity index (χ1v) is 6.95. The normalized spacial score (nSPS) is 18.3. The maximum absolute atomic E-state index is 5.79. The summed E-state index contributed by atoms with van der Waals surface area (Å²) in [7, 11) is 0. The first-order valence-electron chi connectivity index (χ1n) is 6.95. The van der Waals surface area contributed by atoms with Gasteiger partial charge in [0.05, 0.1) is 17.4 Å². The molecule has 0 spiro atoms. The highest BCUT2D eigenvalue weighted by Crippen LogP contribution is 2.29. The van der Waals surface area contributed by atoms with Crippen molar-refractivity contribution >= 4 is 0 Å². The minimum atomic E-state index is 0.115. The van der Waals surface area contributed by atoms with Gasteiger partial charge in [0, 0.05) is 6.54 Å². The van der Waals surface area contributed by atoms with Gasteiger partial charge in [0.1, 0.15) is 0 Å². The summed E-state index contributed by atoms with van der Waals surface area (Å²) in [5, 5.41) is 4.51. The van der Waals surface area contributed by atoms with E-state index in [1.54, 1.807) is 0 Å². The molecule has 18 heavy (non-hydrogen) atoms. The van der Waals surface area contributed by atoms with Crippen LogP contribution in [0.4, 0.5) is 0 Å². The Hall–Kier alpha value is -1.13. The molecule has 1 heterocycles. The Morgan fingerprint density at radius 3 is 3.00 bits per heavy atom. The molecule has 0 radical (unpaired) electrons. The molecule has 100 valence electrons. The van der Waals surface area contributed by atoms with Crippen molar-refractivity contribution in [3.05, 3.63) is 29.1 Å². The van der Waals surface area contributed by atoms with Gasteiger partial charge in [-0.15, -0.1) is 0 Å². The van der Waals surface area contributed by atoms with Crippen LogP contribution in [0.15, 0.2) is 17.7 Å². The minimum Gasteiger partial charge on any atom is -0.271 e. The van der Waals surface area contributed by atoms with Crippen LogP contribution < -0.4 is 11.3 Å². The first-order chi connectivity index (χ1) is 8.76. The zero-order valence-corrected chi connectivity index (χ0v) is 11.4. The van der Waals surface area contributed by atoms with Crippen molar-refractivity contribution in [2.45, 2.75) is 58.5 Å². The summed E-state index contributed by atoms with van der Waals surface area (Å²) in [4.78, 5) is 0. The van der Waals surface area contributed by atoms with Gasteiger partial charge >= 0.3 is 0 Å². The number of aromatic nitrogens is 2. The highest BCUT2D eigenvalue weighted by molar-refractivity contribution is 5.25. The van der Waals surface area contributed by atoms with Gasteiger partial charge < -0.3 is 0 Å². The number of aryl methyl sites for hydroxylation is 2. The molecule has 1 aromatic heterocycles. The lowest BCUT2D eigenvalue weighted by molar-refractivity contribution is 0.523. The van der Waals surface area contributed by atoms with Crippen LogP contribution in [0, 0.1) is 6.92 Å². The number of allylic oxidation sites excluding steroid dienone is 1. The Bertz CT molecular complexity index is 419. The second-order valence-electron chi connectivity index (χ2n) is 5.00. The summed E-state index contributed by atoms with van der Waals surface area (Å²) >= 11 is 0. The molecule has 0 amide bonds. The van der Waals surface area contributed by atoms with Crippen LogP contribution in [0.1, 0.15) is 56.5 Å². The highest BCUT2D eigenvalue weighted by atomic mass is 15.3. The van der Waals surface area contributed by atoms with Crippen LogP contribution in [-0.2, 0) is 6.54 Å². The van der Waals surface area contributed by atoms with Gasteiger partial charge in [-0.2, -0.15) is 5.10 Å². The predicted octanol–water partition coefficient (Wildman–Crippen LogP) is 2.61. The number of nitrogens with one attached hydrogen (secondary N) is 1. The van der Waals surface area contributed by atoms with Crippen molar-refractivity contribution in [3.8, 4) is 0 Å². The van der Waals surface area contributed by atoms with Crippen molar-refractivity contribution in [1.29, 1.82) is 0 Å². The number of nitrogens with two attached hydrogens (primary N) is 1. The third kappa shape index (κ3) is 2.82. The third-order valence-electron chi connectivity index (χ3n) is 3.64. The van der Waals surface area contributed by atoms with Gasteiger partial charge in [-0.25, -0.2) is 5.43 Å². The molecule has 0 fully saturated rings. The molecule has 0 bridgehead atoms. The van der Waals surface area contributed by atoms with Crippen LogP contribution in [0.5, 0.6) is 0 Å². The Kier molecular flexibility index (Phi) is 4.55. The monoisotopic (exact) mass is 248 g/mol. The second kappa shape index (κ2) is 6.16. The fourth-order valence-corrected chi connectivity index (χ4v) is 2.74. The Balaban J connectivity index is 2.28. The van der Waals surface area contributed by atoms with Crippen molar-refractivity contribution in [1.82, 2.24) is 15.2 Å². The van der Waals surface area contributed by atoms with E-state index in [1.807, 2.05) is 11.6 Å². The van der Waals surface area contributed by atoms with Crippen LogP contribution in [-0.4, -0.2) is 9.78 Å². The summed E-state index contributed by atoms with van der Waals surface area (Å²) < 4.78 is 2.05. The zero-order chi connectivity index (χ0) is 13.0. The maximum atomic E-state index is 5.79. The predicted molar refractivity (Wildman–Crippen MR) is 73.9 cm³/mol. The van der Waals surface area contributed by atoms with Crippen molar-refractivity contribution in [3.63, 3.8) is 0 Å². The summed E-state index contributed by atoms with van der Waals surface area (Å²) in [6.45, 7) is 5.03. The van der Waals surface area contributed by atoms with Crippen LogP contribution in [0.3, 0.4) is 0 Å². The quantitative estimate of drug-likeness (QED) is 0.489. The van der Waals surface area contributed by atoms with Crippen molar-refractivity contribution in [2.24, 2.45) is 5.84 Å². The SMILES string of the molecule is CCn1nc(C)cc1C(NN)C1=CCCCCC1. The van der Waals surface area contributed by atoms with Gasteiger partial charge in [-0.3, -0.25) is 10.5 Å². The van der Waals surface area contributed by atoms with Crippen LogP contribution >= 0.6 is 0 Å². The number of hydrogen-bond acceptors (Lipinski definition) is 3. The van der Waals surface area contributed by atoms with Gasteiger partial charge in [0.2, 0.25) is 0 Å². The minimum absolute atomic E-state index is 0.115. The molecule has 4 heteroatoms. The van der Waals surface area contributed by atoms with E-state index in [9.17, 15) is 0 Å². The molecule has 2 rings (SSSR count). The Labute approximate surface area is 109 Å². The van der Waals surface area contributed by atoms with E-state index in [4.69, 9.17) is 5.84 Å². The van der Waals surface area contributed by atoms with E-state index in [0.29, 0.717) is 0 Å². The van der Waals surface area contributed by atoms with Crippen LogP contribution in [0.2, 0.25) is 0 Å². The molecule has 3 N–H and O–H groups in total. The second-order valence-corrected chi connectivity index (χ2v) is 5.00. The smallest absolute Gasteiger partial charge is 0.0838 e. The standard InChI is InChI=1S/C14H24N4/c1-3-18-13(10-11(2)17-18)14(16-15)12-8-6-4-5-7-9-12/h8,10,14,16H,3-7,9,15H2,1-2H3. The van der Waals surface area contributed by atoms with Gasteiger partial charge in [0.25, 0.3) is 0 Å². The zero-order valence-electron chi connectivity index (χ0n) is 11.4. The molecule has 1 unspecified atom stereocenters. The van der Waals surface area contributed by atoms with E-state index in [2.05, 4.69) is 29.6 Å². The number of hydrazine groups is 1. The van der Waals surface area contributed by atoms with Crippen molar-refractivity contribution in [2.75, 3.05) is 0 Å². The number of rotatable bonds is 4. The third-order valence-corrected chi connectivity index (χ3v) is 3.64. The summed E-state index contributed by atoms with van der Waals surface area (Å²) in [5.41, 5.74) is 6.64. The van der Waals surface area contributed by atoms with E-state index in [-0.39, 0.29) is 6.04 Å². The molecule has 0 saturated heterocycles. The molecule has 1 aromatic rings. The molecule has 0 saturated carbocycles. The molecular formula is C14H24N4. The summed E-state index contributed by atoms with van der Waals surface area (Å²) in [6, 6.07) is 2.25. The molecule has 1 aliphatic rings. The molecular weight excluding hydrogens is 224 g/mol. The molecule has 1 aliphatic carbocycles. The summed E-state index contributed by atoms with van der Waals surface area (Å²) in [5.74, 6) is 5.79. The van der Waals surface area contributed by atoms with E-state index < -0.39 is 0 Å². The summed E-state index contributed by atoms with van der Waals surface area (Å²) in [6.07, 6.45) is 8.56. The number of hydrogen-bond donors (Lipinski definition) is 2. The van der Waals surface area contributed by atoms with E-state index in [1.165, 1.54) is 37.0 Å². The Morgan fingerprint density at radius 1 is 1.44 bits per heavy atom. The first kappa shape index (κ1) is 13.3. The maximum Gasteiger partial charge on any atom is 0.0838 e. The van der Waals surface area contributed by atoms with Crippen LogP contribution in [0.25, 0.3) is 0 Å². The fourth-order valence-electron chi connectivity index (χ4n) is 2.74. The van der Waals surface area contributed by atoms with Gasteiger partial charge in [-0.1, -0.05) is 18.1 Å². The Morgan fingerprint density at radius 2 is 2.28 bits per heavy atom. The van der Waals surface area contributed by atoms with Crippen molar-refractivity contribution < 1.29 is 0 Å². The lowest BCUT2D eigenvalue weighted by atomic mass is 9.99. The largest absolute Gasteiger partial charge is 0.271 e. The van der Waals surface area contributed by atoms with Gasteiger partial charge in [-0.05, 0) is 45.6 Å². The molecule has 1 atom stereocenters. The molecule has 4 nitrogen and oxygen atoms in total. The molecule has 0 aliphatic heterocycles. The average Bonchev–Trinajstić information content (AvgIpc) is 2.58. The topological polar surface area (TPSA) is 55.9 Å². The lowest BCUT2D eigenvalue weighted by Gasteiger charge is -2.20. The lowest BCUT2D eigenvalue weighted by Crippen LogP contribution is -2.31. The van der Waals surface area contributed by atoms with E-state index >= 15 is 0 Å². The average molecular weight is 248 g/mol. The van der Waals surface area contributed by atoms with Gasteiger partial charge in [0.15, 0.2) is 0 Å². The molecule has 0 aromatic carbocycles. The highest BCUT2D eigenvalue weighted by Gasteiger charge is 2.20. The number of nitrogens with zero attached hydrogens (tertiary/aromatic N) is 2. The fraction of sp³-hybridized carbons (Fsp3) is 0.643.